The fourth-order valence-electron chi connectivity index (χ4n) is 2.59. The molecule has 1 atom stereocenters. The van der Waals surface area contributed by atoms with Crippen molar-refractivity contribution in [2.24, 2.45) is 0 Å². The molecule has 1 aromatic rings. The van der Waals surface area contributed by atoms with Crippen LogP contribution in [0.15, 0.2) is 24.3 Å². The molecule has 0 saturated heterocycles. The van der Waals surface area contributed by atoms with Gasteiger partial charge in [0.15, 0.2) is 5.85 Å². The lowest BCUT2D eigenvalue weighted by Gasteiger charge is -2.30. The molecule has 178 valence electrons. The van der Waals surface area contributed by atoms with Crippen molar-refractivity contribution in [1.29, 1.82) is 0 Å². The van der Waals surface area contributed by atoms with Gasteiger partial charge < -0.3 is 13.5 Å². The lowest BCUT2D eigenvalue weighted by Crippen LogP contribution is -2.30. The molecule has 0 bridgehead atoms. The molecule has 0 aliphatic heterocycles. The second-order valence-electron chi connectivity index (χ2n) is 7.21. The summed E-state index contributed by atoms with van der Waals surface area (Å²) in [7, 11) is -10.5. The Bertz CT molecular complexity index is 790. The summed E-state index contributed by atoms with van der Waals surface area (Å²) in [6, 6.07) is 6.31. The number of phosphoric acid groups is 1. The molecule has 0 aliphatic carbocycles. The fraction of sp³-hybridized carbons (Fsp3) is 0.632. The van der Waals surface area contributed by atoms with Crippen LogP contribution in [-0.4, -0.2) is 40.7 Å². The standard InChI is InChI=1S/C19H34O9P2Si/c1-8-23-29(21,24-9-2)19(27-30(22,25-10-3)26-11-4)17-15-13-12-14-16(17)18(20)28-31(5,6)7/h12-15,19H,8-11H2,1-7H3. The highest BCUT2D eigenvalue weighted by Gasteiger charge is 2.46. The minimum atomic E-state index is -4.15. The smallest absolute Gasteiger partial charge is 0.475 e. The second kappa shape index (κ2) is 12.4. The molecule has 1 rings (SSSR count). The number of hydrogen-bond acceptors (Lipinski definition) is 9. The molecule has 9 nitrogen and oxygen atoms in total. The Labute approximate surface area is 186 Å². The predicted molar refractivity (Wildman–Crippen MR) is 121 cm³/mol. The highest BCUT2D eigenvalue weighted by molar-refractivity contribution is 7.55. The maximum Gasteiger partial charge on any atom is 0.475 e. The molecule has 0 saturated carbocycles. The third-order valence-corrected chi connectivity index (χ3v) is 8.33. The maximum absolute atomic E-state index is 13.7. The minimum absolute atomic E-state index is 0.0247. The molecule has 1 aromatic carbocycles. The van der Waals surface area contributed by atoms with Gasteiger partial charge >= 0.3 is 21.4 Å². The van der Waals surface area contributed by atoms with Gasteiger partial charge in [-0.05, 0) is 53.4 Å². The van der Waals surface area contributed by atoms with Crippen LogP contribution in [0.2, 0.25) is 19.6 Å². The summed E-state index contributed by atoms with van der Waals surface area (Å²) in [6.07, 6.45) is 0. The highest BCUT2D eigenvalue weighted by Crippen LogP contribution is 2.68. The molecule has 0 fully saturated rings. The van der Waals surface area contributed by atoms with Gasteiger partial charge in [-0.3, -0.25) is 18.1 Å². The summed E-state index contributed by atoms with van der Waals surface area (Å²) in [5.41, 5.74) is 0.254. The Morgan fingerprint density at radius 2 is 1.35 bits per heavy atom. The molecule has 1 unspecified atom stereocenters. The van der Waals surface area contributed by atoms with Crippen molar-refractivity contribution in [3.05, 3.63) is 35.4 Å². The summed E-state index contributed by atoms with van der Waals surface area (Å²) >= 11 is 0. The Morgan fingerprint density at radius 1 is 0.871 bits per heavy atom. The molecule has 0 aliphatic rings. The molecule has 0 radical (unpaired) electrons. The van der Waals surface area contributed by atoms with E-state index in [-0.39, 0.29) is 37.6 Å². The summed E-state index contributed by atoms with van der Waals surface area (Å²) in [4.78, 5) is 12.9. The second-order valence-corrected chi connectivity index (χ2v) is 15.3. The van der Waals surface area contributed by atoms with E-state index in [1.165, 1.54) is 12.1 Å². The van der Waals surface area contributed by atoms with Crippen LogP contribution in [0.4, 0.5) is 0 Å². The molecule has 12 heteroatoms. The first kappa shape index (κ1) is 28.2. The Hall–Kier alpha value is -0.833. The van der Waals surface area contributed by atoms with Crippen LogP contribution >= 0.6 is 15.4 Å². The van der Waals surface area contributed by atoms with E-state index in [9.17, 15) is 13.9 Å². The molecule has 0 spiro atoms. The van der Waals surface area contributed by atoms with Crippen molar-refractivity contribution >= 4 is 29.7 Å². The lowest BCUT2D eigenvalue weighted by atomic mass is 10.1. The van der Waals surface area contributed by atoms with Crippen molar-refractivity contribution in [3.8, 4) is 0 Å². The maximum atomic E-state index is 13.7. The number of phosphoric ester groups is 1. The number of carbonyl (C=O) groups excluding carboxylic acids is 1. The largest absolute Gasteiger partial charge is 0.516 e. The molecule has 0 aromatic heterocycles. The third kappa shape index (κ3) is 8.55. The van der Waals surface area contributed by atoms with Crippen LogP contribution in [0.1, 0.15) is 49.5 Å². The van der Waals surface area contributed by atoms with Crippen LogP contribution in [0.5, 0.6) is 0 Å². The van der Waals surface area contributed by atoms with Crippen molar-refractivity contribution in [2.45, 2.75) is 53.2 Å². The van der Waals surface area contributed by atoms with Crippen molar-refractivity contribution in [1.82, 2.24) is 0 Å². The summed E-state index contributed by atoms with van der Waals surface area (Å²) < 4.78 is 59.5. The SMILES string of the molecule is CCOP(=O)(OCC)OC(c1ccccc1C(=O)O[Si](C)(C)C)P(=O)(OCC)OCC. The average Bonchev–Trinajstić information content (AvgIpc) is 2.65. The topological polar surface area (TPSA) is 107 Å². The highest BCUT2D eigenvalue weighted by atomic mass is 31.2. The zero-order valence-electron chi connectivity index (χ0n) is 19.3. The van der Waals surface area contributed by atoms with Crippen LogP contribution in [0.25, 0.3) is 0 Å². The molecule has 0 N–H and O–H groups in total. The number of carbonyl (C=O) groups is 1. The van der Waals surface area contributed by atoms with E-state index in [1.807, 2.05) is 19.6 Å². The van der Waals surface area contributed by atoms with E-state index in [1.54, 1.807) is 39.8 Å². The van der Waals surface area contributed by atoms with Gasteiger partial charge in [0.05, 0.1) is 32.0 Å². The first-order valence-corrected chi connectivity index (χ1v) is 16.7. The minimum Gasteiger partial charge on any atom is -0.516 e. The van der Waals surface area contributed by atoms with Crippen LogP contribution in [-0.2, 0) is 36.2 Å². The zero-order chi connectivity index (χ0) is 23.7. The van der Waals surface area contributed by atoms with Crippen LogP contribution < -0.4 is 0 Å². The first-order chi connectivity index (χ1) is 14.4. The van der Waals surface area contributed by atoms with Gasteiger partial charge in [0, 0.05) is 5.56 Å². The molecular weight excluding hydrogens is 462 g/mol. The van der Waals surface area contributed by atoms with Crippen molar-refractivity contribution in [3.63, 3.8) is 0 Å². The van der Waals surface area contributed by atoms with E-state index < -0.39 is 35.6 Å². The van der Waals surface area contributed by atoms with Gasteiger partial charge in [-0.1, -0.05) is 18.2 Å². The van der Waals surface area contributed by atoms with E-state index in [0.717, 1.165) is 0 Å². The quantitative estimate of drug-likeness (QED) is 0.222. The summed E-state index contributed by atoms with van der Waals surface area (Å²) in [5, 5.41) is 0. The van der Waals surface area contributed by atoms with E-state index >= 15 is 0 Å². The average molecular weight is 497 g/mol. The molecular formula is C19H34O9P2Si. The van der Waals surface area contributed by atoms with E-state index in [4.69, 9.17) is 27.0 Å². The predicted octanol–water partition coefficient (Wildman–Crippen LogP) is 6.14. The fourth-order valence-corrected chi connectivity index (χ4v) is 6.88. The Balaban J connectivity index is 3.63. The Kier molecular flexibility index (Phi) is 11.3. The number of rotatable bonds is 14. The number of benzene rings is 1. The molecule has 31 heavy (non-hydrogen) atoms. The van der Waals surface area contributed by atoms with Gasteiger partial charge in [-0.15, -0.1) is 0 Å². The van der Waals surface area contributed by atoms with Crippen LogP contribution in [0.3, 0.4) is 0 Å². The zero-order valence-corrected chi connectivity index (χ0v) is 22.1. The molecule has 0 amide bonds. The van der Waals surface area contributed by atoms with Gasteiger partial charge in [-0.25, -0.2) is 9.36 Å². The number of hydrogen-bond donors (Lipinski definition) is 0. The van der Waals surface area contributed by atoms with Crippen molar-refractivity contribution < 1.29 is 41.0 Å². The van der Waals surface area contributed by atoms with Crippen molar-refractivity contribution in [2.75, 3.05) is 26.4 Å². The normalized spacial score (nSPS) is 13.8. The molecule has 0 heterocycles. The lowest BCUT2D eigenvalue weighted by molar-refractivity contribution is 0.0707. The third-order valence-electron chi connectivity index (χ3n) is 3.55. The summed E-state index contributed by atoms with van der Waals surface area (Å²) in [6.45, 7) is 12.2. The van der Waals surface area contributed by atoms with E-state index in [2.05, 4.69) is 0 Å². The van der Waals surface area contributed by atoms with Crippen LogP contribution in [0, 0.1) is 0 Å². The van der Waals surface area contributed by atoms with Gasteiger partial charge in [0.25, 0.3) is 0 Å². The monoisotopic (exact) mass is 496 g/mol. The first-order valence-electron chi connectivity index (χ1n) is 10.2. The van der Waals surface area contributed by atoms with Gasteiger partial charge in [-0.2, -0.15) is 0 Å². The Morgan fingerprint density at radius 3 is 1.81 bits per heavy atom. The van der Waals surface area contributed by atoms with Gasteiger partial charge in [0.1, 0.15) is 0 Å². The van der Waals surface area contributed by atoms with E-state index in [0.29, 0.717) is 0 Å². The summed E-state index contributed by atoms with van der Waals surface area (Å²) in [5.74, 6) is -2.15. The van der Waals surface area contributed by atoms with Gasteiger partial charge in [0.2, 0.25) is 8.32 Å².